The lowest BCUT2D eigenvalue weighted by Crippen LogP contribution is -2.17. The van der Waals surface area contributed by atoms with E-state index in [0.717, 1.165) is 36.4 Å². The number of halogens is 8. The maximum absolute atomic E-state index is 13.1. The molecule has 0 spiro atoms. The van der Waals surface area contributed by atoms with E-state index in [1.165, 1.54) is 0 Å². The van der Waals surface area contributed by atoms with Gasteiger partial charge in [-0.1, -0.05) is 18.2 Å². The van der Waals surface area contributed by atoms with Gasteiger partial charge < -0.3 is 9.47 Å². The van der Waals surface area contributed by atoms with Crippen LogP contribution < -0.4 is 9.47 Å². The Morgan fingerprint density at radius 1 is 0.800 bits per heavy atom. The van der Waals surface area contributed by atoms with Crippen molar-refractivity contribution in [2.24, 2.45) is 0 Å². The van der Waals surface area contributed by atoms with Crippen molar-refractivity contribution in [2.75, 3.05) is 0 Å². The molecule has 2 aromatic carbocycles. The summed E-state index contributed by atoms with van der Waals surface area (Å²) in [7, 11) is 0. The van der Waals surface area contributed by atoms with Gasteiger partial charge in [-0.3, -0.25) is 0 Å². The van der Waals surface area contributed by atoms with E-state index >= 15 is 0 Å². The quantitative estimate of drug-likeness (QED) is 0.625. The second-order valence-electron chi connectivity index (χ2n) is 4.63. The van der Waals surface area contributed by atoms with Gasteiger partial charge in [-0.15, -0.1) is 13.2 Å². The van der Waals surface area contributed by atoms with Crippen LogP contribution >= 0.6 is 0 Å². The summed E-state index contributed by atoms with van der Waals surface area (Å²) in [6.07, 6.45) is -9.87. The Morgan fingerprint density at radius 3 is 1.88 bits per heavy atom. The minimum atomic E-state index is -4.98. The largest absolute Gasteiger partial charge is 0.573 e. The van der Waals surface area contributed by atoms with Crippen molar-refractivity contribution in [3.63, 3.8) is 0 Å². The lowest BCUT2D eigenvalue weighted by molar-refractivity contribution is -0.274. The summed E-state index contributed by atoms with van der Waals surface area (Å²) in [4.78, 5) is 0. The van der Waals surface area contributed by atoms with E-state index in [-0.39, 0.29) is 5.56 Å². The number of ether oxygens (including phenoxy) is 2. The van der Waals surface area contributed by atoms with Crippen molar-refractivity contribution in [3.05, 3.63) is 48.0 Å². The molecule has 2 nitrogen and oxygen atoms in total. The molecule has 10 heteroatoms. The Kier molecular flexibility index (Phi) is 5.09. The van der Waals surface area contributed by atoms with E-state index in [0.29, 0.717) is 6.07 Å². The highest BCUT2D eigenvalue weighted by Crippen LogP contribution is 2.43. The monoisotopic (exact) mass is 372 g/mol. The van der Waals surface area contributed by atoms with Gasteiger partial charge in [-0.2, -0.15) is 22.0 Å². The lowest BCUT2D eigenvalue weighted by atomic mass is 9.98. The van der Waals surface area contributed by atoms with Gasteiger partial charge in [-0.25, -0.2) is 0 Å². The highest BCUT2D eigenvalue weighted by Gasteiger charge is 2.36. The molecule has 0 radical (unpaired) electrons. The Hall–Kier alpha value is -2.52. The van der Waals surface area contributed by atoms with Crippen LogP contribution in [0.5, 0.6) is 11.5 Å². The van der Waals surface area contributed by atoms with Crippen LogP contribution in [-0.2, 0) is 6.18 Å². The zero-order valence-corrected chi connectivity index (χ0v) is 12.0. The molecule has 136 valence electrons. The number of hydrogen-bond acceptors (Lipinski definition) is 2. The maximum atomic E-state index is 13.1. The van der Waals surface area contributed by atoms with Gasteiger partial charge in [0.2, 0.25) is 0 Å². The zero-order valence-electron chi connectivity index (χ0n) is 12.0. The average Bonchev–Trinajstić information content (AvgIpc) is 2.45. The van der Waals surface area contributed by atoms with E-state index in [1.54, 1.807) is 0 Å². The molecule has 0 atom stereocenters. The number of rotatable bonds is 4. The number of benzene rings is 2. The third-order valence-corrected chi connectivity index (χ3v) is 2.92. The molecule has 0 N–H and O–H groups in total. The van der Waals surface area contributed by atoms with Crippen molar-refractivity contribution < 1.29 is 44.6 Å². The van der Waals surface area contributed by atoms with Crippen LogP contribution in [0.25, 0.3) is 11.1 Å². The molecule has 25 heavy (non-hydrogen) atoms. The fourth-order valence-corrected chi connectivity index (χ4v) is 2.08. The molecule has 0 amide bonds. The summed E-state index contributed by atoms with van der Waals surface area (Å²) in [5.74, 6) is -1.42. The Labute approximate surface area is 135 Å². The van der Waals surface area contributed by atoms with Crippen molar-refractivity contribution in [2.45, 2.75) is 19.2 Å². The molecule has 2 rings (SSSR count). The van der Waals surface area contributed by atoms with Gasteiger partial charge in [0.15, 0.2) is 0 Å². The predicted octanol–water partition coefficient (Wildman–Crippen LogP) is 5.87. The van der Waals surface area contributed by atoms with Crippen LogP contribution in [0.3, 0.4) is 0 Å². The molecule has 0 heterocycles. The predicted molar refractivity (Wildman–Crippen MR) is 70.2 cm³/mol. The summed E-state index contributed by atoms with van der Waals surface area (Å²) >= 11 is 0. The van der Waals surface area contributed by atoms with Crippen molar-refractivity contribution in [3.8, 4) is 22.6 Å². The van der Waals surface area contributed by atoms with Gasteiger partial charge in [-0.05, 0) is 29.8 Å². The molecule has 0 fully saturated rings. The SMILES string of the molecule is FC(F)Oc1cccc(C(F)(F)F)c1-c1ccc(OC(F)(F)F)cc1. The van der Waals surface area contributed by atoms with Crippen LogP contribution in [0.4, 0.5) is 35.1 Å². The summed E-state index contributed by atoms with van der Waals surface area (Å²) in [6, 6.07) is 5.72. The zero-order chi connectivity index (χ0) is 18.8. The van der Waals surface area contributed by atoms with E-state index in [1.807, 2.05) is 0 Å². The minimum Gasteiger partial charge on any atom is -0.434 e. The fraction of sp³-hybridized carbons (Fsp3) is 0.200. The summed E-state index contributed by atoms with van der Waals surface area (Å²) in [6.45, 7) is -3.38. The minimum absolute atomic E-state index is 0.266. The van der Waals surface area contributed by atoms with Gasteiger partial charge >= 0.3 is 19.2 Å². The summed E-state index contributed by atoms with van der Waals surface area (Å²) in [5, 5.41) is 0. The molecule has 0 unspecified atom stereocenters. The average molecular weight is 372 g/mol. The molecule has 0 aromatic heterocycles. The highest BCUT2D eigenvalue weighted by atomic mass is 19.4. The van der Waals surface area contributed by atoms with Gasteiger partial charge in [0.05, 0.1) is 5.56 Å². The van der Waals surface area contributed by atoms with Gasteiger partial charge in [0.1, 0.15) is 11.5 Å². The molecule has 0 saturated carbocycles. The normalized spacial score (nSPS) is 12.4. The summed E-state index contributed by atoms with van der Waals surface area (Å²) in [5.41, 5.74) is -2.25. The first kappa shape index (κ1) is 18.8. The first-order valence-electron chi connectivity index (χ1n) is 6.48. The molecule has 0 bridgehead atoms. The standard InChI is InChI=1S/C15H8F8O2/c16-13(17)24-11-3-1-2-10(14(18,19)20)12(11)8-4-6-9(7-5-8)25-15(21,22)23/h1-7,13H. The van der Waals surface area contributed by atoms with E-state index in [2.05, 4.69) is 9.47 Å². The summed E-state index contributed by atoms with van der Waals surface area (Å²) < 4.78 is 108. The molecule has 0 aliphatic heterocycles. The van der Waals surface area contributed by atoms with Crippen LogP contribution in [0.2, 0.25) is 0 Å². The van der Waals surface area contributed by atoms with E-state index < -0.39 is 41.8 Å². The van der Waals surface area contributed by atoms with E-state index in [9.17, 15) is 35.1 Å². The van der Waals surface area contributed by atoms with Gasteiger partial charge in [0, 0.05) is 5.56 Å². The van der Waals surface area contributed by atoms with Crippen molar-refractivity contribution in [1.82, 2.24) is 0 Å². The van der Waals surface area contributed by atoms with Crippen molar-refractivity contribution >= 4 is 0 Å². The Balaban J connectivity index is 2.52. The second kappa shape index (κ2) is 6.77. The number of hydrogen-bond donors (Lipinski definition) is 0. The smallest absolute Gasteiger partial charge is 0.434 e. The molecule has 2 aromatic rings. The Morgan fingerprint density at radius 2 is 1.40 bits per heavy atom. The Bertz CT molecular complexity index is 720. The van der Waals surface area contributed by atoms with Crippen LogP contribution in [0, 0.1) is 0 Å². The van der Waals surface area contributed by atoms with E-state index in [4.69, 9.17) is 0 Å². The van der Waals surface area contributed by atoms with Crippen LogP contribution in [-0.4, -0.2) is 13.0 Å². The number of alkyl halides is 8. The molecule has 0 aliphatic rings. The third kappa shape index (κ3) is 4.97. The fourth-order valence-electron chi connectivity index (χ4n) is 2.08. The third-order valence-electron chi connectivity index (χ3n) is 2.92. The second-order valence-corrected chi connectivity index (χ2v) is 4.63. The molecule has 0 saturated heterocycles. The molecular weight excluding hydrogens is 364 g/mol. The highest BCUT2D eigenvalue weighted by molar-refractivity contribution is 5.75. The van der Waals surface area contributed by atoms with Crippen LogP contribution in [0.1, 0.15) is 5.56 Å². The molecular formula is C15H8F8O2. The first-order valence-corrected chi connectivity index (χ1v) is 6.48. The van der Waals surface area contributed by atoms with Gasteiger partial charge in [0.25, 0.3) is 0 Å². The van der Waals surface area contributed by atoms with Crippen molar-refractivity contribution in [1.29, 1.82) is 0 Å². The maximum Gasteiger partial charge on any atom is 0.573 e. The lowest BCUT2D eigenvalue weighted by Gasteiger charge is -2.17. The molecule has 0 aliphatic carbocycles. The first-order chi connectivity index (χ1) is 11.5. The van der Waals surface area contributed by atoms with Crippen LogP contribution in [0.15, 0.2) is 42.5 Å². The topological polar surface area (TPSA) is 18.5 Å².